The van der Waals surface area contributed by atoms with Gasteiger partial charge in [-0.15, -0.1) is 0 Å². The lowest BCUT2D eigenvalue weighted by atomic mass is 9.88. The van der Waals surface area contributed by atoms with E-state index in [-0.39, 0.29) is 0 Å². The van der Waals surface area contributed by atoms with Crippen molar-refractivity contribution in [2.45, 2.75) is 384 Å². The molecule has 0 aromatic carbocycles. The van der Waals surface area contributed by atoms with Gasteiger partial charge in [-0.3, -0.25) is 28.5 Å². The molecule has 11 saturated heterocycles. The summed E-state index contributed by atoms with van der Waals surface area (Å²) in [6.07, 6.45) is -114. The predicted octanol–water partition coefficient (Wildman–Crippen LogP) is -25.2. The number of amides is 5. The number of carbonyl (C=O) groups is 6. The summed E-state index contributed by atoms with van der Waals surface area (Å²) < 4.78 is 162. The van der Waals surface area contributed by atoms with Crippen molar-refractivity contribution in [1.82, 2.24) is 26.6 Å². The molecular weight excluding hydrogens is 2040 g/mol. The van der Waals surface area contributed by atoms with Crippen LogP contribution < -0.4 is 26.6 Å². The van der Waals surface area contributed by atoms with E-state index in [0.29, 0.717) is 0 Å². The number of aliphatic hydroxyl groups is 30. The second kappa shape index (κ2) is 52.5. The zero-order valence-electron chi connectivity index (χ0n) is 78.2. The van der Waals surface area contributed by atoms with Crippen LogP contribution in [0.25, 0.3) is 0 Å². The number of hydrogen-bond acceptors (Lipinski definition) is 60. The first-order valence-corrected chi connectivity index (χ1v) is 47.3. The molecule has 850 valence electrons. The van der Waals surface area contributed by atoms with Crippen molar-refractivity contribution in [3.8, 4) is 0 Å². The van der Waals surface area contributed by atoms with Crippen molar-refractivity contribution in [3.05, 3.63) is 0 Å². The van der Waals surface area contributed by atoms with Crippen LogP contribution in [-0.2, 0) is 143 Å². The third-order valence-corrected chi connectivity index (χ3v) is 26.7. The fourth-order valence-corrected chi connectivity index (χ4v) is 19.0. The maximum Gasteiger partial charge on any atom is 0.397 e. The topological polar surface area (TPSA) is 1050 Å². The zero-order valence-corrected chi connectivity index (χ0v) is 79.0. The molecule has 68 heteroatoms. The van der Waals surface area contributed by atoms with Crippen LogP contribution in [0.2, 0.25) is 0 Å². The van der Waals surface area contributed by atoms with Gasteiger partial charge in [-0.1, -0.05) is 0 Å². The summed E-state index contributed by atoms with van der Waals surface area (Å²) in [4.78, 5) is 77.8. The van der Waals surface area contributed by atoms with Crippen molar-refractivity contribution >= 4 is 45.9 Å². The average Bonchev–Trinajstić information content (AvgIpc) is 0.770. The van der Waals surface area contributed by atoms with Crippen LogP contribution in [0.5, 0.6) is 0 Å². The highest BCUT2D eigenvalue weighted by Gasteiger charge is 2.64. The Hall–Kier alpha value is -5.35. The highest BCUT2D eigenvalue weighted by Crippen LogP contribution is 2.43. The minimum atomic E-state index is -5.54. The molecular formula is C79H131N5O62S. The average molecular weight is 2170 g/mol. The van der Waals surface area contributed by atoms with Gasteiger partial charge in [0, 0.05) is 34.1 Å². The lowest BCUT2D eigenvalue weighted by Crippen LogP contribution is -2.71. The highest BCUT2D eigenvalue weighted by atomic mass is 32.3. The zero-order chi connectivity index (χ0) is 109. The minimum absolute atomic E-state index is 0.827. The molecule has 147 heavy (non-hydrogen) atoms. The third kappa shape index (κ3) is 27.8. The standard InChI is InChI=1S/C79H131N5O62S/c1-18-40(100)51(111)55(115)72(128-18)125-16-33-62(47(107)36(68(119)129-33)80-19(2)93)138-69-37(81-20(3)94)48(108)60(29(12-90)133-69)140-74-57(117)64(46(106)31(136-74)15-126-76-66(53(113)42(102)25(8-86)131-76)143-70-38(82-21(4)95)50(110)61(30(13-91)134-70)141-75-58(118)65(146-147(122,123)124)45(105)27(10-88)130-75)142-77-67(54(114)43(103)26(9-87)132-77)144-71-39(83-22(5)96)49(109)59(28(11-89)135-71)139-73-56(116)52(112)44(104)32(137-73)17-127-79(78(120)121)6-23(97)35(84-34(99)14-92)63(145-79)41(101)24(98)7-85/h18,23-33,35-77,85-92,97-98,100-119H,6-17H2,1-5H3,(H,80,93)(H,81,94)(H,82,95)(H,83,96)(H,84,99)(H,120,121)(H,122,123,124)/t18-,23-,24+,25+,26+,27+,28+,29+,30+,31+,32+,33+,35+,36+,37+,38+,39+,40+,41+,42+,43+,44-,45-,46+,47+,48+,49+,50+,51+,52-,53-,54-,55-,56+,57-,58+,59+,60+,61+,62+,63+,64-,65-,66-,67-,68?,69-,70-,71-,72+,73-,74-,75-,76-,77+,79+/m0/s1. The molecule has 11 aliphatic heterocycles. The van der Waals surface area contributed by atoms with E-state index >= 15 is 0 Å². The number of aliphatic hydroxyl groups excluding tert-OH is 30. The third-order valence-electron chi connectivity index (χ3n) is 26.2. The van der Waals surface area contributed by atoms with Crippen molar-refractivity contribution < 1.29 is 304 Å². The molecule has 11 aliphatic rings. The normalized spacial score (nSPS) is 46.9. The van der Waals surface area contributed by atoms with Gasteiger partial charge in [-0.25, -0.2) is 8.98 Å². The van der Waals surface area contributed by atoms with Gasteiger partial charge < -0.3 is 284 Å². The number of carbonyl (C=O) groups excluding carboxylic acids is 5. The lowest BCUT2D eigenvalue weighted by molar-refractivity contribution is -0.399. The van der Waals surface area contributed by atoms with E-state index in [1.165, 1.54) is 6.92 Å². The van der Waals surface area contributed by atoms with Gasteiger partial charge in [0.2, 0.25) is 29.5 Å². The first kappa shape index (κ1) is 122. The summed E-state index contributed by atoms with van der Waals surface area (Å²) in [5, 5.41) is 360. The Morgan fingerprint density at radius 1 is 0.340 bits per heavy atom. The van der Waals surface area contributed by atoms with Gasteiger partial charge in [0.1, 0.15) is 263 Å². The molecule has 0 radical (unpaired) electrons. The molecule has 1 unspecified atom stereocenters. The van der Waals surface area contributed by atoms with Crippen LogP contribution in [0, 0.1) is 0 Å². The number of hydrogen-bond donors (Lipinski definition) is 37. The van der Waals surface area contributed by atoms with Crippen molar-refractivity contribution in [2.24, 2.45) is 0 Å². The molecule has 11 rings (SSSR count). The second-order valence-corrected chi connectivity index (χ2v) is 37.6. The number of ether oxygens (including phenoxy) is 21. The van der Waals surface area contributed by atoms with Crippen molar-refractivity contribution in [3.63, 3.8) is 0 Å². The van der Waals surface area contributed by atoms with Gasteiger partial charge in [0.05, 0.1) is 84.3 Å². The van der Waals surface area contributed by atoms with Gasteiger partial charge in [-0.2, -0.15) is 8.42 Å². The van der Waals surface area contributed by atoms with E-state index in [1.807, 2.05) is 0 Å². The molecule has 0 bridgehead atoms. The summed E-state index contributed by atoms with van der Waals surface area (Å²) in [5.74, 6) is -10.7. The lowest BCUT2D eigenvalue weighted by Gasteiger charge is -2.51. The molecule has 0 spiro atoms. The monoisotopic (exact) mass is 2170 g/mol. The molecule has 56 atom stereocenters. The van der Waals surface area contributed by atoms with E-state index < -0.39 is 468 Å². The molecule has 11 heterocycles. The van der Waals surface area contributed by atoms with E-state index in [4.69, 9.17) is 99.5 Å². The van der Waals surface area contributed by atoms with Crippen LogP contribution in [-0.4, -0.2) is 623 Å². The maximum atomic E-state index is 13.4. The summed E-state index contributed by atoms with van der Waals surface area (Å²) in [7, 11) is -5.54. The number of aliphatic carboxylic acids is 1. The number of carboxylic acid groups (broad SMARTS) is 1. The molecule has 0 aromatic heterocycles. The smallest absolute Gasteiger partial charge is 0.397 e. The Morgan fingerprint density at radius 3 is 1.14 bits per heavy atom. The number of carboxylic acids is 1. The van der Waals surface area contributed by atoms with Crippen molar-refractivity contribution in [1.29, 1.82) is 0 Å². The summed E-state index contributed by atoms with van der Waals surface area (Å²) in [5.41, 5.74) is 0. The minimum Gasteiger partial charge on any atom is -0.477 e. The highest BCUT2D eigenvalue weighted by molar-refractivity contribution is 7.80. The predicted molar refractivity (Wildman–Crippen MR) is 448 cm³/mol. The largest absolute Gasteiger partial charge is 0.477 e. The Labute approximate surface area is 830 Å². The van der Waals surface area contributed by atoms with E-state index in [9.17, 15) is 200 Å². The van der Waals surface area contributed by atoms with E-state index in [1.54, 1.807) is 0 Å². The van der Waals surface area contributed by atoms with Crippen molar-refractivity contribution in [2.75, 3.05) is 72.7 Å². The van der Waals surface area contributed by atoms with Crippen LogP contribution >= 0.6 is 0 Å². The van der Waals surface area contributed by atoms with Gasteiger partial charge >= 0.3 is 16.4 Å². The molecule has 37 N–H and O–H groups in total. The SMILES string of the molecule is CC(=O)N[C@H]1[C@H](O[C@H]2[C@H](O)[C@@H](NC(C)=O)C(O)O[C@@H]2CO[C@@H]2O[C@@H](C)[C@@H](O)[C@@H](O)[C@@H]2O)O[C@H](CO)[C@@H](O[C@@H]2O[C@H](CO[C@H]3O[C@H](CO)[C@@H](O)[C@H](O)[C@@H]3O[C@@H]3O[C@H](CO)[C@@H](O[C@@H]4O[C@H](CO)[C@H](O)[C@H](OS(=O)(=O)O)[C@H]4O)[C@H](O)[C@H]3NC(C)=O)[C@@H](O)[C@H](O[C@H]3O[C@H](CO)[C@@H](O)[C@H](O)[C@@H]3O[C@@H]3O[C@H](CO)[C@@H](O[C@@H]4O[C@H](CO[C@]5(C(=O)O)C[C@H](O)[C@@H](NC(=O)CO)[C@H]([C@H](O)[C@H](O)CO)O5)[C@H](O)[C@H](O)[C@H]4O)[C@H](O)[C@H]3NC(C)=O)[C@@H]2O)[C@@H]1O. The van der Waals surface area contributed by atoms with E-state index in [0.717, 1.165) is 27.7 Å². The summed E-state index contributed by atoms with van der Waals surface area (Å²) in [6.45, 7) is -8.93. The molecule has 67 nitrogen and oxygen atoms in total. The van der Waals surface area contributed by atoms with Crippen LogP contribution in [0.1, 0.15) is 41.0 Å². The fourth-order valence-electron chi connectivity index (χ4n) is 18.5. The quantitative estimate of drug-likeness (QED) is 0.0253. The summed E-state index contributed by atoms with van der Waals surface area (Å²) in [6, 6.07) is -10.1. The first-order chi connectivity index (χ1) is 69.2. The van der Waals surface area contributed by atoms with Gasteiger partial charge in [0.25, 0.3) is 5.79 Å². The Balaban J connectivity index is 0.912. The molecule has 11 fully saturated rings. The van der Waals surface area contributed by atoms with Gasteiger partial charge in [0.15, 0.2) is 62.9 Å². The number of nitrogens with one attached hydrogen (secondary N) is 5. The van der Waals surface area contributed by atoms with Crippen LogP contribution in [0.15, 0.2) is 0 Å². The Bertz CT molecular complexity index is 4320. The molecule has 5 amide bonds. The first-order valence-electron chi connectivity index (χ1n) is 46.0. The van der Waals surface area contributed by atoms with Crippen LogP contribution in [0.3, 0.4) is 0 Å². The van der Waals surface area contributed by atoms with E-state index in [2.05, 4.69) is 30.8 Å². The Morgan fingerprint density at radius 2 is 0.687 bits per heavy atom. The fraction of sp³-hybridized carbons (Fsp3) is 0.924. The molecule has 0 aromatic rings. The molecule has 0 saturated carbocycles. The Kier molecular flexibility index (Phi) is 43.5. The number of rotatable bonds is 41. The maximum absolute atomic E-state index is 13.4. The second-order valence-electron chi connectivity index (χ2n) is 36.5. The van der Waals surface area contributed by atoms with Crippen LogP contribution in [0.4, 0.5) is 0 Å². The summed E-state index contributed by atoms with van der Waals surface area (Å²) >= 11 is 0. The molecule has 0 aliphatic carbocycles. The van der Waals surface area contributed by atoms with Gasteiger partial charge in [-0.05, 0) is 6.92 Å².